The van der Waals surface area contributed by atoms with Gasteiger partial charge in [-0.1, -0.05) is 25.4 Å². The Morgan fingerprint density at radius 1 is 1.47 bits per heavy atom. The van der Waals surface area contributed by atoms with E-state index in [1.54, 1.807) is 6.20 Å². The van der Waals surface area contributed by atoms with Crippen LogP contribution in [-0.4, -0.2) is 17.3 Å². The highest BCUT2D eigenvalue weighted by molar-refractivity contribution is 5.99. The van der Waals surface area contributed by atoms with Gasteiger partial charge < -0.3 is 4.84 Å². The Hall–Kier alpha value is -1.38. The summed E-state index contributed by atoms with van der Waals surface area (Å²) in [6.07, 6.45) is 6.61. The largest absolute Gasteiger partial charge is 0.396 e. The van der Waals surface area contributed by atoms with Gasteiger partial charge in [-0.3, -0.25) is 4.98 Å². The first-order valence-corrected chi connectivity index (χ1v) is 5.47. The molecule has 0 amide bonds. The molecule has 1 rings (SSSR count). The van der Waals surface area contributed by atoms with Crippen molar-refractivity contribution in [1.82, 2.24) is 4.98 Å². The zero-order chi connectivity index (χ0) is 10.9. The normalized spacial score (nSPS) is 11.5. The Morgan fingerprint density at radius 2 is 2.33 bits per heavy atom. The molecule has 0 radical (unpaired) electrons. The number of aromatic nitrogens is 1. The molecule has 0 aliphatic rings. The van der Waals surface area contributed by atoms with E-state index in [0.29, 0.717) is 6.61 Å². The molecule has 0 saturated carbocycles. The third kappa shape index (κ3) is 4.11. The molecule has 1 aromatic rings. The minimum atomic E-state index is 0.695. The first-order chi connectivity index (χ1) is 7.38. The Morgan fingerprint density at radius 3 is 2.93 bits per heavy atom. The van der Waals surface area contributed by atoms with Gasteiger partial charge in [-0.05, 0) is 25.0 Å². The lowest BCUT2D eigenvalue weighted by molar-refractivity contribution is 0.141. The van der Waals surface area contributed by atoms with Gasteiger partial charge in [0.25, 0.3) is 0 Å². The average molecular weight is 206 g/mol. The van der Waals surface area contributed by atoms with E-state index >= 15 is 0 Å². The summed E-state index contributed by atoms with van der Waals surface area (Å²) in [6.45, 7) is 4.89. The van der Waals surface area contributed by atoms with Crippen molar-refractivity contribution in [2.24, 2.45) is 5.16 Å². The second kappa shape index (κ2) is 6.98. The SMILES string of the molecule is CCCCO/N=C(\CC)c1cccnc1. The molecule has 0 fully saturated rings. The molecule has 3 heteroatoms. The maximum atomic E-state index is 5.24. The summed E-state index contributed by atoms with van der Waals surface area (Å²) in [6, 6.07) is 3.91. The topological polar surface area (TPSA) is 34.5 Å². The van der Waals surface area contributed by atoms with Crippen molar-refractivity contribution in [3.05, 3.63) is 30.1 Å². The highest BCUT2D eigenvalue weighted by Gasteiger charge is 2.00. The smallest absolute Gasteiger partial charge is 0.117 e. The van der Waals surface area contributed by atoms with Crippen molar-refractivity contribution in [3.8, 4) is 0 Å². The van der Waals surface area contributed by atoms with Gasteiger partial charge in [0.2, 0.25) is 0 Å². The van der Waals surface area contributed by atoms with Crippen LogP contribution >= 0.6 is 0 Å². The van der Waals surface area contributed by atoms with Crippen molar-refractivity contribution in [2.45, 2.75) is 33.1 Å². The fourth-order valence-electron chi connectivity index (χ4n) is 1.19. The molecule has 0 aliphatic carbocycles. The fraction of sp³-hybridized carbons (Fsp3) is 0.500. The Kier molecular flexibility index (Phi) is 5.44. The van der Waals surface area contributed by atoms with Gasteiger partial charge in [0.05, 0.1) is 5.71 Å². The second-order valence-electron chi connectivity index (χ2n) is 3.32. The molecular formula is C12H18N2O. The standard InChI is InChI=1S/C12H18N2O/c1-3-5-9-15-14-12(4-2)11-7-6-8-13-10-11/h6-8,10H,3-5,9H2,1-2H3/b14-12+. The van der Waals surface area contributed by atoms with Crippen molar-refractivity contribution in [1.29, 1.82) is 0 Å². The van der Waals surface area contributed by atoms with Gasteiger partial charge >= 0.3 is 0 Å². The van der Waals surface area contributed by atoms with Gasteiger partial charge in [-0.15, -0.1) is 0 Å². The molecule has 0 atom stereocenters. The van der Waals surface area contributed by atoms with Crippen LogP contribution in [-0.2, 0) is 4.84 Å². The molecule has 0 saturated heterocycles. The van der Waals surface area contributed by atoms with Gasteiger partial charge in [0, 0.05) is 18.0 Å². The predicted octanol–water partition coefficient (Wildman–Crippen LogP) is 3.01. The number of unbranched alkanes of at least 4 members (excludes halogenated alkanes) is 1. The van der Waals surface area contributed by atoms with Crippen LogP contribution in [0.25, 0.3) is 0 Å². The first-order valence-electron chi connectivity index (χ1n) is 5.47. The summed E-state index contributed by atoms with van der Waals surface area (Å²) in [5.74, 6) is 0. The minimum absolute atomic E-state index is 0.695. The Labute approximate surface area is 91.2 Å². The summed E-state index contributed by atoms with van der Waals surface area (Å²) in [4.78, 5) is 9.30. The van der Waals surface area contributed by atoms with E-state index in [1.807, 2.05) is 18.3 Å². The molecule has 0 N–H and O–H groups in total. The zero-order valence-electron chi connectivity index (χ0n) is 9.44. The predicted molar refractivity (Wildman–Crippen MR) is 61.9 cm³/mol. The Bertz CT molecular complexity index is 296. The highest BCUT2D eigenvalue weighted by atomic mass is 16.6. The number of oxime groups is 1. The van der Waals surface area contributed by atoms with Crippen LogP contribution in [0, 0.1) is 0 Å². The zero-order valence-corrected chi connectivity index (χ0v) is 9.44. The molecule has 0 unspecified atom stereocenters. The summed E-state index contributed by atoms with van der Waals surface area (Å²) in [5.41, 5.74) is 2.00. The Balaban J connectivity index is 2.55. The second-order valence-corrected chi connectivity index (χ2v) is 3.32. The van der Waals surface area contributed by atoms with E-state index in [1.165, 1.54) is 0 Å². The molecule has 15 heavy (non-hydrogen) atoms. The number of hydrogen-bond donors (Lipinski definition) is 0. The average Bonchev–Trinajstić information content (AvgIpc) is 2.30. The maximum absolute atomic E-state index is 5.24. The minimum Gasteiger partial charge on any atom is -0.396 e. The molecule has 0 bridgehead atoms. The molecule has 0 aromatic carbocycles. The van der Waals surface area contributed by atoms with Crippen LogP contribution in [0.5, 0.6) is 0 Å². The molecule has 1 aromatic heterocycles. The van der Waals surface area contributed by atoms with Gasteiger partial charge in [-0.2, -0.15) is 0 Å². The molecule has 1 heterocycles. The number of pyridine rings is 1. The van der Waals surface area contributed by atoms with Crippen LogP contribution in [0.15, 0.2) is 29.7 Å². The lowest BCUT2D eigenvalue weighted by Crippen LogP contribution is -2.01. The maximum Gasteiger partial charge on any atom is 0.117 e. The van der Waals surface area contributed by atoms with Crippen molar-refractivity contribution in [2.75, 3.05) is 6.61 Å². The molecule has 0 aliphatic heterocycles. The van der Waals surface area contributed by atoms with E-state index in [-0.39, 0.29) is 0 Å². The summed E-state index contributed by atoms with van der Waals surface area (Å²) in [5, 5.41) is 4.13. The lowest BCUT2D eigenvalue weighted by atomic mass is 10.1. The third-order valence-electron chi connectivity index (χ3n) is 2.09. The van der Waals surface area contributed by atoms with Crippen molar-refractivity contribution in [3.63, 3.8) is 0 Å². The lowest BCUT2D eigenvalue weighted by Gasteiger charge is -2.03. The molecule has 82 valence electrons. The van der Waals surface area contributed by atoms with Crippen LogP contribution in [0.4, 0.5) is 0 Å². The van der Waals surface area contributed by atoms with Gasteiger partial charge in [0.1, 0.15) is 6.61 Å². The van der Waals surface area contributed by atoms with Crippen molar-refractivity contribution < 1.29 is 4.84 Å². The summed E-state index contributed by atoms with van der Waals surface area (Å²) >= 11 is 0. The molecule has 3 nitrogen and oxygen atoms in total. The van der Waals surface area contributed by atoms with Crippen LogP contribution in [0.3, 0.4) is 0 Å². The van der Waals surface area contributed by atoms with Gasteiger partial charge in [-0.25, -0.2) is 0 Å². The van der Waals surface area contributed by atoms with Crippen LogP contribution < -0.4 is 0 Å². The number of rotatable bonds is 6. The number of nitrogens with zero attached hydrogens (tertiary/aromatic N) is 2. The molecular weight excluding hydrogens is 188 g/mol. The van der Waals surface area contributed by atoms with E-state index in [9.17, 15) is 0 Å². The van der Waals surface area contributed by atoms with Crippen molar-refractivity contribution >= 4 is 5.71 Å². The summed E-state index contributed by atoms with van der Waals surface area (Å²) < 4.78 is 0. The van der Waals surface area contributed by atoms with E-state index in [0.717, 1.165) is 30.5 Å². The van der Waals surface area contributed by atoms with E-state index in [4.69, 9.17) is 4.84 Å². The number of hydrogen-bond acceptors (Lipinski definition) is 3. The quantitative estimate of drug-likeness (QED) is 0.407. The van der Waals surface area contributed by atoms with Gasteiger partial charge in [0.15, 0.2) is 0 Å². The highest BCUT2D eigenvalue weighted by Crippen LogP contribution is 2.03. The molecule has 0 spiro atoms. The van der Waals surface area contributed by atoms with E-state index in [2.05, 4.69) is 24.0 Å². The van der Waals surface area contributed by atoms with E-state index < -0.39 is 0 Å². The monoisotopic (exact) mass is 206 g/mol. The third-order valence-corrected chi connectivity index (χ3v) is 2.09. The fourth-order valence-corrected chi connectivity index (χ4v) is 1.19. The first kappa shape index (κ1) is 11.7. The van der Waals surface area contributed by atoms with Crippen LogP contribution in [0.1, 0.15) is 38.7 Å². The van der Waals surface area contributed by atoms with Crippen LogP contribution in [0.2, 0.25) is 0 Å². The summed E-state index contributed by atoms with van der Waals surface area (Å²) in [7, 11) is 0.